The Morgan fingerprint density at radius 3 is 2.85 bits per heavy atom. The predicted molar refractivity (Wildman–Crippen MR) is 92.7 cm³/mol. The number of carbonyl (C=O) groups is 1. The standard InChI is InChI=1S/C18H23FN4O3/c1-12(21-16(24)8-11-25-15-6-9-20-10-7-15)18-22-17(23-26-18)13-2-4-14(19)5-3-13/h2-5,12,15,20H,6-11H2,1H3,(H,21,24). The Hall–Kier alpha value is -2.32. The Kier molecular flexibility index (Phi) is 6.30. The molecule has 140 valence electrons. The van der Waals surface area contributed by atoms with Crippen LogP contribution in [0.2, 0.25) is 0 Å². The second-order valence-electron chi connectivity index (χ2n) is 6.32. The monoisotopic (exact) mass is 362 g/mol. The summed E-state index contributed by atoms with van der Waals surface area (Å²) in [7, 11) is 0. The number of halogens is 1. The van der Waals surface area contributed by atoms with Crippen molar-refractivity contribution in [1.82, 2.24) is 20.8 Å². The fourth-order valence-electron chi connectivity index (χ4n) is 2.78. The molecule has 1 aromatic heterocycles. The molecule has 1 fully saturated rings. The fourth-order valence-corrected chi connectivity index (χ4v) is 2.78. The Bertz CT molecular complexity index is 713. The van der Waals surface area contributed by atoms with E-state index in [1.165, 1.54) is 12.1 Å². The smallest absolute Gasteiger partial charge is 0.249 e. The number of piperidine rings is 1. The van der Waals surface area contributed by atoms with Crippen LogP contribution < -0.4 is 10.6 Å². The maximum absolute atomic E-state index is 13.0. The van der Waals surface area contributed by atoms with Crippen molar-refractivity contribution in [3.8, 4) is 11.4 Å². The van der Waals surface area contributed by atoms with Gasteiger partial charge in [0.2, 0.25) is 17.6 Å². The van der Waals surface area contributed by atoms with Crippen molar-refractivity contribution in [3.05, 3.63) is 36.0 Å². The highest BCUT2D eigenvalue weighted by Crippen LogP contribution is 2.19. The molecule has 1 amide bonds. The van der Waals surface area contributed by atoms with Crippen LogP contribution in [-0.2, 0) is 9.53 Å². The second kappa shape index (κ2) is 8.86. The Labute approximate surface area is 151 Å². The lowest BCUT2D eigenvalue weighted by Crippen LogP contribution is -2.33. The minimum absolute atomic E-state index is 0.132. The summed E-state index contributed by atoms with van der Waals surface area (Å²) >= 11 is 0. The highest BCUT2D eigenvalue weighted by Gasteiger charge is 2.18. The summed E-state index contributed by atoms with van der Waals surface area (Å²) in [6.07, 6.45) is 2.47. The van der Waals surface area contributed by atoms with Crippen LogP contribution in [0, 0.1) is 5.82 Å². The summed E-state index contributed by atoms with van der Waals surface area (Å²) in [6, 6.07) is 5.40. The van der Waals surface area contributed by atoms with Crippen LogP contribution in [0.5, 0.6) is 0 Å². The molecule has 1 atom stereocenters. The largest absolute Gasteiger partial charge is 0.378 e. The number of hydrogen-bond donors (Lipinski definition) is 2. The maximum atomic E-state index is 13.0. The van der Waals surface area contributed by atoms with Gasteiger partial charge >= 0.3 is 0 Å². The lowest BCUT2D eigenvalue weighted by atomic mass is 10.1. The molecule has 1 aromatic carbocycles. The molecule has 2 aromatic rings. The van der Waals surface area contributed by atoms with Crippen LogP contribution in [0.25, 0.3) is 11.4 Å². The van der Waals surface area contributed by atoms with Gasteiger partial charge in [0.05, 0.1) is 12.7 Å². The molecule has 0 aliphatic carbocycles. The molecule has 0 saturated carbocycles. The number of amides is 1. The molecule has 3 rings (SSSR count). The van der Waals surface area contributed by atoms with Gasteiger partial charge in [-0.2, -0.15) is 4.98 Å². The van der Waals surface area contributed by atoms with Crippen LogP contribution in [-0.4, -0.2) is 41.8 Å². The van der Waals surface area contributed by atoms with Gasteiger partial charge in [-0.3, -0.25) is 4.79 Å². The summed E-state index contributed by atoms with van der Waals surface area (Å²) in [4.78, 5) is 16.3. The second-order valence-corrected chi connectivity index (χ2v) is 6.32. The first-order valence-electron chi connectivity index (χ1n) is 8.83. The molecular formula is C18H23FN4O3. The normalized spacial score (nSPS) is 16.4. The number of nitrogens with one attached hydrogen (secondary N) is 2. The molecule has 2 N–H and O–H groups in total. The number of carbonyl (C=O) groups excluding carboxylic acids is 1. The van der Waals surface area contributed by atoms with Gasteiger partial charge in [0.25, 0.3) is 0 Å². The third-order valence-corrected chi connectivity index (χ3v) is 4.26. The third-order valence-electron chi connectivity index (χ3n) is 4.26. The zero-order chi connectivity index (χ0) is 18.4. The Balaban J connectivity index is 1.46. The summed E-state index contributed by atoms with van der Waals surface area (Å²) in [5.41, 5.74) is 0.648. The van der Waals surface area contributed by atoms with Gasteiger partial charge in [0.1, 0.15) is 11.9 Å². The summed E-state index contributed by atoms with van der Waals surface area (Å²) in [5.74, 6) is 0.199. The highest BCUT2D eigenvalue weighted by molar-refractivity contribution is 5.76. The number of benzene rings is 1. The molecule has 8 heteroatoms. The van der Waals surface area contributed by atoms with Crippen LogP contribution in [0.4, 0.5) is 4.39 Å². The summed E-state index contributed by atoms with van der Waals surface area (Å²) in [6.45, 7) is 4.09. The molecule has 7 nitrogen and oxygen atoms in total. The van der Waals surface area contributed by atoms with E-state index in [4.69, 9.17) is 9.26 Å². The first-order valence-corrected chi connectivity index (χ1v) is 8.83. The SMILES string of the molecule is CC(NC(=O)CCOC1CCNCC1)c1nc(-c2ccc(F)cc2)no1. The minimum Gasteiger partial charge on any atom is -0.378 e. The van der Waals surface area contributed by atoms with Gasteiger partial charge in [-0.05, 0) is 57.1 Å². The van der Waals surface area contributed by atoms with Crippen molar-refractivity contribution < 1.29 is 18.4 Å². The van der Waals surface area contributed by atoms with E-state index in [1.807, 2.05) is 0 Å². The van der Waals surface area contributed by atoms with Crippen molar-refractivity contribution in [2.75, 3.05) is 19.7 Å². The van der Waals surface area contributed by atoms with Gasteiger partial charge in [-0.25, -0.2) is 4.39 Å². The lowest BCUT2D eigenvalue weighted by Gasteiger charge is -2.22. The number of hydrogen-bond acceptors (Lipinski definition) is 6. The average molecular weight is 362 g/mol. The molecule has 0 radical (unpaired) electrons. The van der Waals surface area contributed by atoms with E-state index < -0.39 is 6.04 Å². The lowest BCUT2D eigenvalue weighted by molar-refractivity contribution is -0.123. The Morgan fingerprint density at radius 1 is 1.38 bits per heavy atom. The Morgan fingerprint density at radius 2 is 2.12 bits per heavy atom. The zero-order valence-electron chi connectivity index (χ0n) is 14.7. The highest BCUT2D eigenvalue weighted by atomic mass is 19.1. The van der Waals surface area contributed by atoms with Crippen molar-refractivity contribution in [2.45, 2.75) is 38.3 Å². The topological polar surface area (TPSA) is 89.3 Å². The molecule has 26 heavy (non-hydrogen) atoms. The van der Waals surface area contributed by atoms with Gasteiger partial charge in [-0.15, -0.1) is 0 Å². The summed E-state index contributed by atoms with van der Waals surface area (Å²) < 4.78 is 23.9. The van der Waals surface area contributed by atoms with Crippen LogP contribution in [0.15, 0.2) is 28.8 Å². The van der Waals surface area contributed by atoms with Crippen molar-refractivity contribution >= 4 is 5.91 Å². The van der Waals surface area contributed by atoms with Crippen molar-refractivity contribution in [1.29, 1.82) is 0 Å². The molecule has 1 saturated heterocycles. The van der Waals surface area contributed by atoms with Crippen molar-refractivity contribution in [2.24, 2.45) is 0 Å². The van der Waals surface area contributed by atoms with Gasteiger partial charge in [-0.1, -0.05) is 5.16 Å². The third kappa shape index (κ3) is 5.09. The molecule has 1 aliphatic heterocycles. The van der Waals surface area contributed by atoms with E-state index in [-0.39, 0.29) is 24.2 Å². The minimum atomic E-state index is -0.414. The first kappa shape index (κ1) is 18.5. The zero-order valence-corrected chi connectivity index (χ0v) is 14.7. The van der Waals surface area contributed by atoms with Gasteiger partial charge < -0.3 is 19.9 Å². The van der Waals surface area contributed by atoms with Crippen molar-refractivity contribution in [3.63, 3.8) is 0 Å². The first-order chi connectivity index (χ1) is 12.6. The quantitative estimate of drug-likeness (QED) is 0.785. The average Bonchev–Trinajstić information content (AvgIpc) is 3.13. The van der Waals surface area contributed by atoms with Crippen LogP contribution in [0.3, 0.4) is 0 Å². The van der Waals surface area contributed by atoms with E-state index in [1.54, 1.807) is 19.1 Å². The van der Waals surface area contributed by atoms with Crippen LogP contribution >= 0.6 is 0 Å². The van der Waals surface area contributed by atoms with E-state index in [0.717, 1.165) is 25.9 Å². The number of rotatable bonds is 7. The number of aromatic nitrogens is 2. The van der Waals surface area contributed by atoms with E-state index in [0.29, 0.717) is 23.9 Å². The van der Waals surface area contributed by atoms with Crippen LogP contribution in [0.1, 0.15) is 38.1 Å². The molecule has 1 unspecified atom stereocenters. The molecule has 0 bridgehead atoms. The fraction of sp³-hybridized carbons (Fsp3) is 0.500. The molecular weight excluding hydrogens is 339 g/mol. The predicted octanol–water partition coefficient (Wildman–Crippen LogP) is 2.21. The number of ether oxygens (including phenoxy) is 1. The maximum Gasteiger partial charge on any atom is 0.249 e. The van der Waals surface area contributed by atoms with Gasteiger partial charge in [0.15, 0.2) is 0 Å². The molecule has 1 aliphatic rings. The molecule has 0 spiro atoms. The summed E-state index contributed by atoms with van der Waals surface area (Å²) in [5, 5.41) is 9.97. The van der Waals surface area contributed by atoms with E-state index >= 15 is 0 Å². The van der Waals surface area contributed by atoms with E-state index in [9.17, 15) is 9.18 Å². The van der Waals surface area contributed by atoms with E-state index in [2.05, 4.69) is 20.8 Å². The molecule has 2 heterocycles. The van der Waals surface area contributed by atoms with Gasteiger partial charge in [0, 0.05) is 12.0 Å². The number of nitrogens with zero attached hydrogens (tertiary/aromatic N) is 2.